The predicted octanol–water partition coefficient (Wildman–Crippen LogP) is 3.28. The topological polar surface area (TPSA) is 48.3 Å². The fourth-order valence-corrected chi connectivity index (χ4v) is 2.39. The second-order valence-corrected chi connectivity index (χ2v) is 5.29. The van der Waals surface area contributed by atoms with Gasteiger partial charge in [0.2, 0.25) is 0 Å². The minimum Gasteiger partial charge on any atom is -0.497 e. The van der Waals surface area contributed by atoms with E-state index < -0.39 is 0 Å². The summed E-state index contributed by atoms with van der Waals surface area (Å²) in [6.07, 6.45) is 0. The summed E-state index contributed by atoms with van der Waals surface area (Å²) in [5.74, 6) is 0.849. The van der Waals surface area contributed by atoms with Gasteiger partial charge in [-0.05, 0) is 43.9 Å². The molecule has 0 saturated heterocycles. The molecule has 0 bridgehead atoms. The zero-order valence-electron chi connectivity index (χ0n) is 13.2. The first-order valence-corrected chi connectivity index (χ1v) is 7.19. The number of nitrogens with zero attached hydrogens (tertiary/aromatic N) is 2. The van der Waals surface area contributed by atoms with Gasteiger partial charge in [-0.1, -0.05) is 24.3 Å². The zero-order chi connectivity index (χ0) is 15.9. The molecule has 114 valence electrons. The van der Waals surface area contributed by atoms with Crippen LogP contribution >= 0.6 is 0 Å². The molecule has 0 radical (unpaired) electrons. The molecule has 4 nitrogen and oxygen atoms in total. The molecular formula is C18H21N3O. The number of nitrogens with one attached hydrogen (secondary N) is 1. The van der Waals surface area contributed by atoms with Gasteiger partial charge in [0.1, 0.15) is 11.8 Å². The minimum absolute atomic E-state index is 0.182. The molecule has 2 rings (SSSR count). The largest absolute Gasteiger partial charge is 0.497 e. The lowest BCUT2D eigenvalue weighted by Gasteiger charge is -2.26. The van der Waals surface area contributed by atoms with Crippen LogP contribution < -0.4 is 10.1 Å². The molecule has 1 N–H and O–H groups in total. The highest BCUT2D eigenvalue weighted by atomic mass is 16.5. The molecule has 22 heavy (non-hydrogen) atoms. The van der Waals surface area contributed by atoms with Gasteiger partial charge in [0.15, 0.2) is 0 Å². The Labute approximate surface area is 131 Å². The Balaban J connectivity index is 2.17. The number of nitriles is 1. The lowest BCUT2D eigenvalue weighted by atomic mass is 10.1. The van der Waals surface area contributed by atoms with E-state index in [9.17, 15) is 0 Å². The van der Waals surface area contributed by atoms with Crippen LogP contribution in [0.5, 0.6) is 5.75 Å². The van der Waals surface area contributed by atoms with Gasteiger partial charge in [0.25, 0.3) is 0 Å². The number of hydrogen-bond acceptors (Lipinski definition) is 4. The normalized spacial score (nSPS) is 11.8. The average Bonchev–Trinajstić information content (AvgIpc) is 2.55. The Hall–Kier alpha value is -2.51. The molecule has 0 spiro atoms. The van der Waals surface area contributed by atoms with Crippen LogP contribution in [0.4, 0.5) is 5.69 Å². The smallest absolute Gasteiger partial charge is 0.119 e. The van der Waals surface area contributed by atoms with Crippen molar-refractivity contribution in [2.75, 3.05) is 33.1 Å². The van der Waals surface area contributed by atoms with Crippen molar-refractivity contribution in [2.45, 2.75) is 6.04 Å². The molecule has 0 saturated carbocycles. The summed E-state index contributed by atoms with van der Waals surface area (Å²) in [4.78, 5) is 2.15. The predicted molar refractivity (Wildman–Crippen MR) is 89.1 cm³/mol. The Morgan fingerprint density at radius 2 is 1.95 bits per heavy atom. The van der Waals surface area contributed by atoms with Gasteiger partial charge >= 0.3 is 0 Å². The second-order valence-electron chi connectivity index (χ2n) is 5.29. The highest BCUT2D eigenvalue weighted by molar-refractivity contribution is 5.57. The maximum absolute atomic E-state index is 9.16. The van der Waals surface area contributed by atoms with Gasteiger partial charge < -0.3 is 15.0 Å². The van der Waals surface area contributed by atoms with E-state index >= 15 is 0 Å². The van der Waals surface area contributed by atoms with Crippen molar-refractivity contribution in [2.24, 2.45) is 0 Å². The highest BCUT2D eigenvalue weighted by Crippen LogP contribution is 2.24. The summed E-state index contributed by atoms with van der Waals surface area (Å²) in [7, 11) is 5.76. The number of rotatable bonds is 6. The molecule has 1 unspecified atom stereocenters. The van der Waals surface area contributed by atoms with E-state index in [0.29, 0.717) is 12.1 Å². The van der Waals surface area contributed by atoms with Crippen molar-refractivity contribution in [1.82, 2.24) is 4.90 Å². The quantitative estimate of drug-likeness (QED) is 0.888. The first-order valence-electron chi connectivity index (χ1n) is 7.19. The fourth-order valence-electron chi connectivity index (χ4n) is 2.39. The summed E-state index contributed by atoms with van der Waals surface area (Å²) in [6, 6.07) is 18.0. The monoisotopic (exact) mass is 295 g/mol. The molecular weight excluding hydrogens is 274 g/mol. The van der Waals surface area contributed by atoms with Crippen LogP contribution in [0.1, 0.15) is 17.2 Å². The first-order chi connectivity index (χ1) is 10.7. The number of anilines is 1. The lowest BCUT2D eigenvalue weighted by molar-refractivity contribution is 0.310. The number of benzene rings is 2. The van der Waals surface area contributed by atoms with E-state index in [0.717, 1.165) is 11.4 Å². The molecule has 0 fully saturated rings. The molecule has 0 amide bonds. The van der Waals surface area contributed by atoms with Crippen molar-refractivity contribution in [1.29, 1.82) is 5.26 Å². The Morgan fingerprint density at radius 3 is 2.64 bits per heavy atom. The molecule has 2 aromatic carbocycles. The van der Waals surface area contributed by atoms with Crippen LogP contribution in [0.2, 0.25) is 0 Å². The van der Waals surface area contributed by atoms with Crippen LogP contribution in [0, 0.1) is 11.3 Å². The summed E-state index contributed by atoms with van der Waals surface area (Å²) < 4.78 is 5.30. The Bertz CT molecular complexity index is 661. The summed E-state index contributed by atoms with van der Waals surface area (Å²) in [5, 5.41) is 12.5. The van der Waals surface area contributed by atoms with Crippen molar-refractivity contribution in [3.05, 3.63) is 59.7 Å². The summed E-state index contributed by atoms with van der Waals surface area (Å²) in [5.41, 5.74) is 2.69. The van der Waals surface area contributed by atoms with Crippen molar-refractivity contribution >= 4 is 5.69 Å². The van der Waals surface area contributed by atoms with Gasteiger partial charge in [0.05, 0.1) is 24.4 Å². The van der Waals surface area contributed by atoms with Crippen LogP contribution in [-0.2, 0) is 0 Å². The van der Waals surface area contributed by atoms with Crippen LogP contribution in [0.3, 0.4) is 0 Å². The first kappa shape index (κ1) is 15.9. The molecule has 1 atom stereocenters. The Kier molecular flexibility index (Phi) is 5.40. The highest BCUT2D eigenvalue weighted by Gasteiger charge is 2.15. The molecule has 0 aliphatic heterocycles. The van der Waals surface area contributed by atoms with E-state index in [-0.39, 0.29) is 6.04 Å². The number of methoxy groups -OCH3 is 1. The Morgan fingerprint density at radius 1 is 1.18 bits per heavy atom. The van der Waals surface area contributed by atoms with Crippen LogP contribution in [-0.4, -0.2) is 32.6 Å². The number of hydrogen-bond donors (Lipinski definition) is 1. The minimum atomic E-state index is 0.182. The summed E-state index contributed by atoms with van der Waals surface area (Å²) >= 11 is 0. The lowest BCUT2D eigenvalue weighted by Crippen LogP contribution is -2.27. The van der Waals surface area contributed by atoms with E-state index in [1.165, 1.54) is 5.56 Å². The molecule has 2 aromatic rings. The van der Waals surface area contributed by atoms with Crippen LogP contribution in [0.15, 0.2) is 48.5 Å². The molecule has 0 aromatic heterocycles. The number of likely N-dealkylation sites (N-methyl/N-ethyl adjacent to an activating group) is 1. The van der Waals surface area contributed by atoms with Gasteiger partial charge in [-0.15, -0.1) is 0 Å². The van der Waals surface area contributed by atoms with Crippen LogP contribution in [0.25, 0.3) is 0 Å². The summed E-state index contributed by atoms with van der Waals surface area (Å²) in [6.45, 7) is 0.707. The van der Waals surface area contributed by atoms with Gasteiger partial charge in [-0.25, -0.2) is 0 Å². The maximum Gasteiger partial charge on any atom is 0.119 e. The fraction of sp³-hybridized carbons (Fsp3) is 0.278. The van der Waals surface area contributed by atoms with E-state index in [1.54, 1.807) is 7.11 Å². The van der Waals surface area contributed by atoms with Crippen molar-refractivity contribution in [3.63, 3.8) is 0 Å². The third-order valence-corrected chi connectivity index (χ3v) is 3.64. The van der Waals surface area contributed by atoms with E-state index in [1.807, 2.05) is 56.6 Å². The molecule has 0 aliphatic carbocycles. The third kappa shape index (κ3) is 3.78. The number of para-hydroxylation sites is 1. The SMILES string of the molecule is COc1cccc(C(CNc2ccccc2C#N)N(C)C)c1. The van der Waals surface area contributed by atoms with E-state index in [2.05, 4.69) is 22.4 Å². The van der Waals surface area contributed by atoms with Gasteiger partial charge in [-0.3, -0.25) is 0 Å². The zero-order valence-corrected chi connectivity index (χ0v) is 13.2. The number of ether oxygens (including phenoxy) is 1. The average molecular weight is 295 g/mol. The molecule has 4 heteroatoms. The van der Waals surface area contributed by atoms with Gasteiger partial charge in [0, 0.05) is 6.54 Å². The van der Waals surface area contributed by atoms with E-state index in [4.69, 9.17) is 10.00 Å². The van der Waals surface area contributed by atoms with Gasteiger partial charge in [-0.2, -0.15) is 5.26 Å². The molecule has 0 aliphatic rings. The third-order valence-electron chi connectivity index (χ3n) is 3.64. The van der Waals surface area contributed by atoms with Crippen molar-refractivity contribution in [3.8, 4) is 11.8 Å². The van der Waals surface area contributed by atoms with Crippen molar-refractivity contribution < 1.29 is 4.74 Å². The molecule has 0 heterocycles. The maximum atomic E-state index is 9.16. The second kappa shape index (κ2) is 7.48. The standard InChI is InChI=1S/C18H21N3O/c1-21(2)18(14-8-6-9-16(11-14)22-3)13-20-17-10-5-4-7-15(17)12-19/h4-11,18,20H,13H2,1-3H3.